The molecule has 4 rings (SSSR count). The molecule has 0 fully saturated rings. The van der Waals surface area contributed by atoms with Crippen molar-refractivity contribution >= 4 is 23.8 Å². The number of nitrogens with zero attached hydrogens (tertiary/aromatic N) is 1. The van der Waals surface area contributed by atoms with E-state index in [0.717, 1.165) is 34.3 Å². The minimum atomic E-state index is -0.588. The molecular weight excluding hydrogens is 442 g/mol. The minimum Gasteiger partial charge on any atom is -0.465 e. The minimum absolute atomic E-state index is 0.202. The van der Waals surface area contributed by atoms with Gasteiger partial charge in [0.15, 0.2) is 11.5 Å². The van der Waals surface area contributed by atoms with Crippen molar-refractivity contribution in [3.63, 3.8) is 0 Å². The highest BCUT2D eigenvalue weighted by molar-refractivity contribution is 8.01. The van der Waals surface area contributed by atoms with Crippen molar-refractivity contribution in [1.29, 1.82) is 0 Å². The smallest absolute Gasteiger partial charge is 0.321 e. The van der Waals surface area contributed by atoms with Crippen LogP contribution in [0.3, 0.4) is 0 Å². The molecule has 0 aliphatic carbocycles. The molecule has 33 heavy (non-hydrogen) atoms. The lowest BCUT2D eigenvalue weighted by molar-refractivity contribution is -0.145. The maximum atomic E-state index is 12.0. The number of benzene rings is 1. The van der Waals surface area contributed by atoms with Crippen LogP contribution in [-0.4, -0.2) is 34.9 Å². The van der Waals surface area contributed by atoms with E-state index in [-0.39, 0.29) is 12.8 Å². The quantitative estimate of drug-likeness (QED) is 0.372. The Morgan fingerprint density at radius 1 is 1.18 bits per heavy atom. The number of hydrogen-bond donors (Lipinski definition) is 0. The fourth-order valence-corrected chi connectivity index (χ4v) is 4.06. The van der Waals surface area contributed by atoms with Gasteiger partial charge in [-0.15, -0.1) is 11.8 Å². The Labute approximate surface area is 197 Å². The van der Waals surface area contributed by atoms with Gasteiger partial charge in [0.25, 0.3) is 0 Å². The zero-order valence-electron chi connectivity index (χ0n) is 19.2. The first-order valence-electron chi connectivity index (χ1n) is 10.8. The van der Waals surface area contributed by atoms with Crippen LogP contribution in [0.4, 0.5) is 0 Å². The highest BCUT2D eigenvalue weighted by atomic mass is 32.2. The van der Waals surface area contributed by atoms with Crippen LogP contribution in [0, 0.1) is 6.92 Å². The number of esters is 1. The summed E-state index contributed by atoms with van der Waals surface area (Å²) in [5.74, 6) is 4.70. The predicted octanol–water partition coefficient (Wildman–Crippen LogP) is 5.65. The summed E-state index contributed by atoms with van der Waals surface area (Å²) in [6.07, 6.45) is 4.41. The Bertz CT molecular complexity index is 1160. The lowest BCUT2D eigenvalue weighted by Crippen LogP contribution is -2.30. The zero-order valence-corrected chi connectivity index (χ0v) is 20.0. The maximum Gasteiger partial charge on any atom is 0.321 e. The SMILES string of the molecule is CCOC(=O)C(C)(C)SCC=Cc1ccc(Cc2nc(-c3ccc4c(c3)OCO4)oc2C)o1. The van der Waals surface area contributed by atoms with E-state index in [1.54, 1.807) is 0 Å². The normalized spacial score (nSPS) is 13.1. The zero-order chi connectivity index (χ0) is 23.4. The summed E-state index contributed by atoms with van der Waals surface area (Å²) in [6.45, 7) is 8.05. The molecule has 0 amide bonds. The van der Waals surface area contributed by atoms with Crippen molar-refractivity contribution in [2.75, 3.05) is 19.2 Å². The summed E-state index contributed by atoms with van der Waals surface area (Å²) in [4.78, 5) is 16.6. The molecule has 2 aromatic heterocycles. The molecule has 0 unspecified atom stereocenters. The molecule has 0 saturated carbocycles. The van der Waals surface area contributed by atoms with Gasteiger partial charge >= 0.3 is 5.97 Å². The van der Waals surface area contributed by atoms with Gasteiger partial charge in [-0.3, -0.25) is 4.79 Å². The summed E-state index contributed by atoms with van der Waals surface area (Å²) in [6, 6.07) is 9.48. The monoisotopic (exact) mass is 469 g/mol. The van der Waals surface area contributed by atoms with Crippen molar-refractivity contribution in [3.8, 4) is 23.0 Å². The first kappa shape index (κ1) is 23.0. The van der Waals surface area contributed by atoms with E-state index >= 15 is 0 Å². The fraction of sp³-hybridized carbons (Fsp3) is 0.360. The van der Waals surface area contributed by atoms with E-state index in [1.807, 2.05) is 70.2 Å². The number of fused-ring (bicyclic) bond motifs is 1. The molecule has 7 nitrogen and oxygen atoms in total. The average molecular weight is 470 g/mol. The molecule has 0 radical (unpaired) electrons. The second kappa shape index (κ2) is 9.79. The molecule has 0 atom stereocenters. The number of hydrogen-bond acceptors (Lipinski definition) is 8. The summed E-state index contributed by atoms with van der Waals surface area (Å²) >= 11 is 1.52. The number of oxazole rings is 1. The van der Waals surface area contributed by atoms with E-state index in [1.165, 1.54) is 11.8 Å². The molecule has 0 bridgehead atoms. The Kier molecular flexibility index (Phi) is 6.83. The van der Waals surface area contributed by atoms with Gasteiger partial charge in [0.1, 0.15) is 22.0 Å². The van der Waals surface area contributed by atoms with Crippen LogP contribution < -0.4 is 9.47 Å². The van der Waals surface area contributed by atoms with E-state index in [0.29, 0.717) is 30.4 Å². The lowest BCUT2D eigenvalue weighted by atomic mass is 10.2. The van der Waals surface area contributed by atoms with Crippen LogP contribution in [0.1, 0.15) is 43.7 Å². The van der Waals surface area contributed by atoms with Gasteiger partial charge < -0.3 is 23.0 Å². The molecule has 0 saturated heterocycles. The third kappa shape index (κ3) is 5.45. The van der Waals surface area contributed by atoms with Crippen molar-refractivity contribution < 1.29 is 27.8 Å². The van der Waals surface area contributed by atoms with Crippen LogP contribution in [-0.2, 0) is 16.0 Å². The predicted molar refractivity (Wildman–Crippen MR) is 127 cm³/mol. The number of aryl methyl sites for hydroxylation is 1. The van der Waals surface area contributed by atoms with Crippen LogP contribution in [0.25, 0.3) is 17.5 Å². The van der Waals surface area contributed by atoms with Crippen LogP contribution in [0.2, 0.25) is 0 Å². The third-order valence-electron chi connectivity index (χ3n) is 5.13. The Balaban J connectivity index is 1.36. The molecule has 3 aromatic rings. The second-order valence-electron chi connectivity index (χ2n) is 8.01. The van der Waals surface area contributed by atoms with Crippen molar-refractivity contribution in [3.05, 3.63) is 59.4 Å². The largest absolute Gasteiger partial charge is 0.465 e. The van der Waals surface area contributed by atoms with Gasteiger partial charge in [-0.05, 0) is 64.1 Å². The highest BCUT2D eigenvalue weighted by Crippen LogP contribution is 2.36. The number of thioether (sulfide) groups is 1. The van der Waals surface area contributed by atoms with Crippen molar-refractivity contribution in [2.24, 2.45) is 0 Å². The standard InChI is InChI=1S/C25H27NO6S/c1-5-28-24(27)25(3,4)33-12-6-7-18-9-10-19(32-18)14-20-16(2)31-23(26-20)17-8-11-21-22(13-17)30-15-29-21/h6-11,13H,5,12,14-15H2,1-4H3. The number of aromatic nitrogens is 1. The molecule has 0 spiro atoms. The number of ether oxygens (including phenoxy) is 3. The number of carbonyl (C=O) groups is 1. The van der Waals surface area contributed by atoms with Crippen molar-refractivity contribution in [1.82, 2.24) is 4.98 Å². The van der Waals surface area contributed by atoms with Gasteiger partial charge in [0.2, 0.25) is 12.7 Å². The van der Waals surface area contributed by atoms with E-state index in [4.69, 9.17) is 23.0 Å². The summed E-state index contributed by atoms with van der Waals surface area (Å²) < 4.78 is 27.1. The first-order valence-corrected chi connectivity index (χ1v) is 11.8. The summed E-state index contributed by atoms with van der Waals surface area (Å²) in [7, 11) is 0. The van der Waals surface area contributed by atoms with Crippen LogP contribution in [0.15, 0.2) is 45.2 Å². The lowest BCUT2D eigenvalue weighted by Gasteiger charge is -2.20. The molecule has 3 heterocycles. The summed E-state index contributed by atoms with van der Waals surface area (Å²) in [5, 5.41) is 0. The molecule has 8 heteroatoms. The molecule has 1 aromatic carbocycles. The van der Waals surface area contributed by atoms with Gasteiger partial charge in [0, 0.05) is 11.3 Å². The Hall–Kier alpha value is -3.13. The van der Waals surface area contributed by atoms with Gasteiger partial charge in [-0.25, -0.2) is 4.98 Å². The molecule has 1 aliphatic heterocycles. The van der Waals surface area contributed by atoms with Crippen molar-refractivity contribution in [2.45, 2.75) is 38.9 Å². The van der Waals surface area contributed by atoms with Gasteiger partial charge in [-0.2, -0.15) is 0 Å². The van der Waals surface area contributed by atoms with Crippen LogP contribution >= 0.6 is 11.8 Å². The summed E-state index contributed by atoms with van der Waals surface area (Å²) in [5.41, 5.74) is 1.65. The van der Waals surface area contributed by atoms with Crippen LogP contribution in [0.5, 0.6) is 11.5 Å². The third-order valence-corrected chi connectivity index (χ3v) is 6.37. The second-order valence-corrected chi connectivity index (χ2v) is 9.66. The highest BCUT2D eigenvalue weighted by Gasteiger charge is 2.29. The maximum absolute atomic E-state index is 12.0. The van der Waals surface area contributed by atoms with E-state index in [2.05, 4.69) is 4.98 Å². The van der Waals surface area contributed by atoms with E-state index < -0.39 is 4.75 Å². The molecule has 0 N–H and O–H groups in total. The average Bonchev–Trinajstić information content (AvgIpc) is 3.52. The fourth-order valence-electron chi connectivity index (χ4n) is 3.27. The first-order chi connectivity index (χ1) is 15.9. The Morgan fingerprint density at radius 2 is 2.00 bits per heavy atom. The number of furan rings is 1. The van der Waals surface area contributed by atoms with Gasteiger partial charge in [-0.1, -0.05) is 6.08 Å². The molecule has 1 aliphatic rings. The molecule has 174 valence electrons. The van der Waals surface area contributed by atoms with E-state index in [9.17, 15) is 4.79 Å². The number of carbonyl (C=O) groups excluding carboxylic acids is 1. The van der Waals surface area contributed by atoms with Gasteiger partial charge in [0.05, 0.1) is 18.7 Å². The Morgan fingerprint density at radius 3 is 2.82 bits per heavy atom. The molecular formula is C25H27NO6S. The topological polar surface area (TPSA) is 83.9 Å². The number of rotatable bonds is 9.